The molecule has 2 atom stereocenters. The Hall–Kier alpha value is -1.44. The predicted molar refractivity (Wildman–Crippen MR) is 73.0 cm³/mol. The van der Waals surface area contributed by atoms with E-state index in [1.807, 2.05) is 0 Å². The quantitative estimate of drug-likeness (QED) is 0.669. The molecule has 1 aliphatic rings. The monoisotopic (exact) mass is 282 g/mol. The van der Waals surface area contributed by atoms with Gasteiger partial charge in [0.15, 0.2) is 0 Å². The Morgan fingerprint density at radius 2 is 2.60 bits per heavy atom. The van der Waals surface area contributed by atoms with Crippen molar-refractivity contribution in [2.75, 3.05) is 33.5 Å². The number of aromatic nitrogens is 2. The molecule has 1 fully saturated rings. The maximum Gasteiger partial charge on any atom is 0.240 e. The highest BCUT2D eigenvalue weighted by atomic mass is 16.5. The molecule has 2 heterocycles. The standard InChI is InChI=1S/C13H22N4O3/c1-19-5-3-16-12(18)7-17-9-15-6-11(17)13(14)10-2-4-20-8-10/h6,9-10,13H,2-5,7-8,14H2,1H3,(H,16,18). The summed E-state index contributed by atoms with van der Waals surface area (Å²) < 4.78 is 12.0. The van der Waals surface area contributed by atoms with E-state index in [1.54, 1.807) is 24.2 Å². The molecule has 3 N–H and O–H groups in total. The molecule has 1 amide bonds. The molecular weight excluding hydrogens is 260 g/mol. The highest BCUT2D eigenvalue weighted by molar-refractivity contribution is 5.75. The van der Waals surface area contributed by atoms with Crippen molar-refractivity contribution in [1.82, 2.24) is 14.9 Å². The van der Waals surface area contributed by atoms with Gasteiger partial charge in [0, 0.05) is 32.4 Å². The molecule has 1 saturated heterocycles. The Morgan fingerprint density at radius 3 is 3.30 bits per heavy atom. The van der Waals surface area contributed by atoms with Crippen LogP contribution in [0.4, 0.5) is 0 Å². The Bertz CT molecular complexity index is 429. The topological polar surface area (TPSA) is 91.4 Å². The third-order valence-corrected chi connectivity index (χ3v) is 3.50. The molecule has 0 aliphatic carbocycles. The Labute approximate surface area is 118 Å². The number of imidazole rings is 1. The number of hydrogen-bond donors (Lipinski definition) is 2. The van der Waals surface area contributed by atoms with Gasteiger partial charge in [-0.1, -0.05) is 0 Å². The first-order chi connectivity index (χ1) is 9.72. The van der Waals surface area contributed by atoms with Gasteiger partial charge < -0.3 is 25.1 Å². The van der Waals surface area contributed by atoms with Crippen molar-refractivity contribution in [3.8, 4) is 0 Å². The van der Waals surface area contributed by atoms with Gasteiger partial charge in [-0.05, 0) is 6.42 Å². The normalized spacial score (nSPS) is 20.0. The third kappa shape index (κ3) is 3.78. The number of nitrogens with two attached hydrogens (primary N) is 1. The van der Waals surface area contributed by atoms with Crippen LogP contribution in [0.15, 0.2) is 12.5 Å². The molecule has 0 bridgehead atoms. The molecule has 1 aromatic heterocycles. The molecule has 7 heteroatoms. The van der Waals surface area contributed by atoms with E-state index in [1.165, 1.54) is 0 Å². The van der Waals surface area contributed by atoms with Crippen molar-refractivity contribution in [3.05, 3.63) is 18.2 Å². The van der Waals surface area contributed by atoms with Crippen molar-refractivity contribution < 1.29 is 14.3 Å². The van der Waals surface area contributed by atoms with Gasteiger partial charge in [-0.2, -0.15) is 0 Å². The molecule has 20 heavy (non-hydrogen) atoms. The van der Waals surface area contributed by atoms with Crippen molar-refractivity contribution in [1.29, 1.82) is 0 Å². The second kappa shape index (κ2) is 7.37. The summed E-state index contributed by atoms with van der Waals surface area (Å²) in [5, 5.41) is 2.78. The van der Waals surface area contributed by atoms with E-state index in [4.69, 9.17) is 15.2 Å². The van der Waals surface area contributed by atoms with Crippen LogP contribution < -0.4 is 11.1 Å². The van der Waals surface area contributed by atoms with E-state index in [2.05, 4.69) is 10.3 Å². The maximum absolute atomic E-state index is 11.8. The number of nitrogens with one attached hydrogen (secondary N) is 1. The van der Waals surface area contributed by atoms with Crippen LogP contribution in [-0.4, -0.2) is 48.9 Å². The average molecular weight is 282 g/mol. The van der Waals surface area contributed by atoms with Crippen LogP contribution in [0.1, 0.15) is 18.2 Å². The van der Waals surface area contributed by atoms with Gasteiger partial charge in [-0.25, -0.2) is 4.98 Å². The number of ether oxygens (including phenoxy) is 2. The Kier molecular flexibility index (Phi) is 5.51. The van der Waals surface area contributed by atoms with Gasteiger partial charge in [-0.15, -0.1) is 0 Å². The molecule has 0 saturated carbocycles. The fourth-order valence-electron chi connectivity index (χ4n) is 2.32. The second-order valence-corrected chi connectivity index (χ2v) is 4.94. The summed E-state index contributed by atoms with van der Waals surface area (Å²) in [6, 6.07) is -0.147. The summed E-state index contributed by atoms with van der Waals surface area (Å²) in [7, 11) is 1.60. The number of nitrogens with zero attached hydrogens (tertiary/aromatic N) is 2. The number of hydrogen-bond acceptors (Lipinski definition) is 5. The van der Waals surface area contributed by atoms with E-state index >= 15 is 0 Å². The highest BCUT2D eigenvalue weighted by Crippen LogP contribution is 2.26. The van der Waals surface area contributed by atoms with E-state index in [0.717, 1.165) is 18.7 Å². The van der Waals surface area contributed by atoms with Gasteiger partial charge >= 0.3 is 0 Å². The van der Waals surface area contributed by atoms with Crippen LogP contribution >= 0.6 is 0 Å². The molecule has 0 spiro atoms. The summed E-state index contributed by atoms with van der Waals surface area (Å²) in [5.74, 6) is 0.221. The molecule has 0 aromatic carbocycles. The maximum atomic E-state index is 11.8. The Balaban J connectivity index is 1.92. The lowest BCUT2D eigenvalue weighted by Crippen LogP contribution is -2.32. The van der Waals surface area contributed by atoms with Gasteiger partial charge in [0.05, 0.1) is 31.3 Å². The minimum atomic E-state index is -0.147. The summed E-state index contributed by atoms with van der Waals surface area (Å²) in [6.07, 6.45) is 4.32. The molecule has 112 valence electrons. The van der Waals surface area contributed by atoms with Crippen LogP contribution in [0.5, 0.6) is 0 Å². The summed E-state index contributed by atoms with van der Waals surface area (Å²) >= 11 is 0. The number of carbonyl (C=O) groups is 1. The van der Waals surface area contributed by atoms with E-state index in [-0.39, 0.29) is 18.5 Å². The minimum Gasteiger partial charge on any atom is -0.383 e. The number of carbonyl (C=O) groups excluding carboxylic acids is 1. The van der Waals surface area contributed by atoms with Crippen LogP contribution in [0.3, 0.4) is 0 Å². The van der Waals surface area contributed by atoms with Gasteiger partial charge in [0.1, 0.15) is 6.54 Å². The van der Waals surface area contributed by atoms with Crippen LogP contribution in [0.2, 0.25) is 0 Å². The van der Waals surface area contributed by atoms with E-state index in [0.29, 0.717) is 25.7 Å². The first-order valence-corrected chi connectivity index (χ1v) is 6.81. The molecular formula is C13H22N4O3. The zero-order valence-electron chi connectivity index (χ0n) is 11.7. The molecule has 2 rings (SSSR count). The van der Waals surface area contributed by atoms with Crippen LogP contribution in [0.25, 0.3) is 0 Å². The van der Waals surface area contributed by atoms with Crippen molar-refractivity contribution in [2.24, 2.45) is 11.7 Å². The predicted octanol–water partition coefficient (Wildman–Crippen LogP) is -0.318. The summed E-state index contributed by atoms with van der Waals surface area (Å²) in [4.78, 5) is 15.9. The first-order valence-electron chi connectivity index (χ1n) is 6.81. The molecule has 1 aliphatic heterocycles. The number of amides is 1. The number of methoxy groups -OCH3 is 1. The summed E-state index contributed by atoms with van der Waals surface area (Å²) in [6.45, 7) is 2.65. The van der Waals surface area contributed by atoms with Crippen LogP contribution in [-0.2, 0) is 20.8 Å². The van der Waals surface area contributed by atoms with Crippen molar-refractivity contribution >= 4 is 5.91 Å². The smallest absolute Gasteiger partial charge is 0.240 e. The molecule has 1 aromatic rings. The van der Waals surface area contributed by atoms with Gasteiger partial charge in [-0.3, -0.25) is 4.79 Å². The molecule has 0 radical (unpaired) electrons. The number of rotatable bonds is 7. The first kappa shape index (κ1) is 15.0. The average Bonchev–Trinajstić information content (AvgIpc) is 3.09. The van der Waals surface area contributed by atoms with Crippen LogP contribution in [0, 0.1) is 5.92 Å². The second-order valence-electron chi connectivity index (χ2n) is 4.94. The van der Waals surface area contributed by atoms with Gasteiger partial charge in [0.2, 0.25) is 5.91 Å². The lowest BCUT2D eigenvalue weighted by atomic mass is 9.97. The van der Waals surface area contributed by atoms with E-state index in [9.17, 15) is 4.79 Å². The zero-order chi connectivity index (χ0) is 14.4. The zero-order valence-corrected chi connectivity index (χ0v) is 11.7. The molecule has 2 unspecified atom stereocenters. The fourth-order valence-corrected chi connectivity index (χ4v) is 2.32. The van der Waals surface area contributed by atoms with Crippen molar-refractivity contribution in [2.45, 2.75) is 19.0 Å². The molecule has 7 nitrogen and oxygen atoms in total. The SMILES string of the molecule is COCCNC(=O)Cn1cncc1C(N)C1CCOC1. The van der Waals surface area contributed by atoms with Crippen molar-refractivity contribution in [3.63, 3.8) is 0 Å². The van der Waals surface area contributed by atoms with Gasteiger partial charge in [0.25, 0.3) is 0 Å². The third-order valence-electron chi connectivity index (χ3n) is 3.50. The highest BCUT2D eigenvalue weighted by Gasteiger charge is 2.26. The van der Waals surface area contributed by atoms with E-state index < -0.39 is 0 Å². The lowest BCUT2D eigenvalue weighted by Gasteiger charge is -2.19. The largest absolute Gasteiger partial charge is 0.383 e. The fraction of sp³-hybridized carbons (Fsp3) is 0.692. The Morgan fingerprint density at radius 1 is 1.75 bits per heavy atom. The lowest BCUT2D eigenvalue weighted by molar-refractivity contribution is -0.121. The minimum absolute atomic E-state index is 0.0730. The summed E-state index contributed by atoms with van der Waals surface area (Å²) in [5.41, 5.74) is 7.13.